The number of amides is 1. The number of hydrogen-bond donors (Lipinski definition) is 3. The number of nitrogens with two attached hydrogens (primary N) is 1. The molecule has 0 saturated carbocycles. The van der Waals surface area contributed by atoms with Crippen LogP contribution >= 0.6 is 0 Å². The van der Waals surface area contributed by atoms with Crippen molar-refractivity contribution in [2.24, 2.45) is 5.73 Å². The van der Waals surface area contributed by atoms with Crippen molar-refractivity contribution in [1.82, 2.24) is 10.6 Å². The summed E-state index contributed by atoms with van der Waals surface area (Å²) in [6.07, 6.45) is 0.862. The second-order valence-electron chi connectivity index (χ2n) is 10.9. The maximum absolute atomic E-state index is 13.6. The van der Waals surface area contributed by atoms with Gasteiger partial charge in [0, 0.05) is 6.42 Å². The second-order valence-corrected chi connectivity index (χ2v) is 10.9. The maximum atomic E-state index is 13.6. The molecule has 4 N–H and O–H groups in total. The molecule has 3 aromatic rings. The van der Waals surface area contributed by atoms with Crippen molar-refractivity contribution in [3.63, 3.8) is 0 Å². The Morgan fingerprint density at radius 1 is 0.795 bits per heavy atom. The summed E-state index contributed by atoms with van der Waals surface area (Å²) in [5, 5.41) is 5.80. The van der Waals surface area contributed by atoms with Gasteiger partial charge in [0.25, 0.3) is 0 Å². The van der Waals surface area contributed by atoms with Crippen LogP contribution in [-0.4, -0.2) is 62.0 Å². The normalized spacial score (nSPS) is 12.9. The van der Waals surface area contributed by atoms with Gasteiger partial charge in [0.2, 0.25) is 11.7 Å². The van der Waals surface area contributed by atoms with Crippen molar-refractivity contribution in [3.8, 4) is 0 Å². The first-order chi connectivity index (χ1) is 21.2. The van der Waals surface area contributed by atoms with E-state index >= 15 is 0 Å². The number of unbranched alkanes of at least 4 members (excludes halogenated alkanes) is 1. The number of nitrogens with one attached hydrogen (secondary N) is 2. The lowest BCUT2D eigenvalue weighted by molar-refractivity contribution is -0.159. The van der Waals surface area contributed by atoms with E-state index in [4.69, 9.17) is 15.2 Å². The van der Waals surface area contributed by atoms with Gasteiger partial charge in [-0.1, -0.05) is 78.9 Å². The first-order valence-electron chi connectivity index (χ1n) is 14.9. The summed E-state index contributed by atoms with van der Waals surface area (Å²) in [5.41, 5.74) is 9.76. The highest BCUT2D eigenvalue weighted by Crippen LogP contribution is 2.16. The lowest BCUT2D eigenvalue weighted by Crippen LogP contribution is -2.51. The topological polar surface area (TPSA) is 137 Å². The number of Topliss-reactive ketones (excluding diaryl/α,β-unsaturated/α-hetero) is 1. The number of ether oxygens (including phenoxy) is 2. The highest BCUT2D eigenvalue weighted by Gasteiger charge is 2.31. The minimum atomic E-state index is -1.15. The molecule has 0 aromatic heterocycles. The molecule has 0 heterocycles. The molecule has 9 nitrogen and oxygen atoms in total. The summed E-state index contributed by atoms with van der Waals surface area (Å²) in [4.78, 5) is 52.8. The molecular weight excluding hydrogens is 558 g/mol. The van der Waals surface area contributed by atoms with Crippen molar-refractivity contribution < 1.29 is 28.7 Å². The number of aryl methyl sites for hydroxylation is 2. The van der Waals surface area contributed by atoms with Gasteiger partial charge in [-0.2, -0.15) is 0 Å². The van der Waals surface area contributed by atoms with Gasteiger partial charge in [0.15, 0.2) is 12.7 Å². The number of hydrogen-bond acceptors (Lipinski definition) is 8. The van der Waals surface area contributed by atoms with Crippen LogP contribution < -0.4 is 16.4 Å². The Hall–Kier alpha value is -4.34. The van der Waals surface area contributed by atoms with Gasteiger partial charge in [0.05, 0.1) is 11.6 Å². The summed E-state index contributed by atoms with van der Waals surface area (Å²) < 4.78 is 11.1. The minimum absolute atomic E-state index is 0.145. The Bertz CT molecular complexity index is 1360. The zero-order valence-corrected chi connectivity index (χ0v) is 25.7. The van der Waals surface area contributed by atoms with Gasteiger partial charge in [-0.3, -0.25) is 9.59 Å². The summed E-state index contributed by atoms with van der Waals surface area (Å²) >= 11 is 0. The highest BCUT2D eigenvalue weighted by atomic mass is 16.6. The van der Waals surface area contributed by atoms with Gasteiger partial charge in [-0.25, -0.2) is 9.59 Å². The zero-order chi connectivity index (χ0) is 31.9. The van der Waals surface area contributed by atoms with Crippen LogP contribution in [-0.2, 0) is 36.7 Å². The van der Waals surface area contributed by atoms with Gasteiger partial charge >= 0.3 is 11.9 Å². The van der Waals surface area contributed by atoms with Crippen LogP contribution in [0.3, 0.4) is 0 Å². The summed E-state index contributed by atoms with van der Waals surface area (Å²) in [5.74, 6) is -2.42. The predicted octanol–water partition coefficient (Wildman–Crippen LogP) is 3.63. The Morgan fingerprint density at radius 3 is 1.98 bits per heavy atom. The van der Waals surface area contributed by atoms with Crippen molar-refractivity contribution in [3.05, 3.63) is 107 Å². The third-order valence-electron chi connectivity index (χ3n) is 7.31. The van der Waals surface area contributed by atoms with Crippen LogP contribution in [0.15, 0.2) is 78.9 Å². The SMILES string of the molecule is CNCCCCC(OC(=O)C(Cc1ccccc1)NC(=O)C(N)Cc1ccccc1)C(=O)COC(=O)c1c(C)cccc1C. The van der Waals surface area contributed by atoms with Crippen molar-refractivity contribution in [1.29, 1.82) is 0 Å². The molecule has 0 saturated heterocycles. The number of carbonyl (C=O) groups is 4. The smallest absolute Gasteiger partial charge is 0.339 e. The molecular formula is C35H43N3O6. The van der Waals surface area contributed by atoms with E-state index in [1.165, 1.54) is 0 Å². The molecule has 9 heteroatoms. The Morgan fingerprint density at radius 2 is 1.39 bits per heavy atom. The van der Waals surface area contributed by atoms with Gasteiger partial charge in [0.1, 0.15) is 6.04 Å². The lowest BCUT2D eigenvalue weighted by Gasteiger charge is -2.23. The molecule has 3 unspecified atom stereocenters. The van der Waals surface area contributed by atoms with E-state index < -0.39 is 48.4 Å². The molecule has 0 fully saturated rings. The molecule has 1 amide bonds. The summed E-state index contributed by atoms with van der Waals surface area (Å²) in [7, 11) is 1.83. The third-order valence-corrected chi connectivity index (χ3v) is 7.31. The molecule has 3 aromatic carbocycles. The Labute approximate surface area is 259 Å². The van der Waals surface area contributed by atoms with Crippen molar-refractivity contribution in [2.75, 3.05) is 20.2 Å². The fourth-order valence-corrected chi connectivity index (χ4v) is 4.86. The molecule has 3 rings (SSSR count). The fourth-order valence-electron chi connectivity index (χ4n) is 4.86. The van der Waals surface area contributed by atoms with Crippen molar-refractivity contribution >= 4 is 23.6 Å². The third kappa shape index (κ3) is 10.7. The molecule has 234 valence electrons. The van der Waals surface area contributed by atoms with Crippen LogP contribution in [0.25, 0.3) is 0 Å². The van der Waals surface area contributed by atoms with E-state index in [9.17, 15) is 19.2 Å². The first-order valence-corrected chi connectivity index (χ1v) is 14.9. The zero-order valence-electron chi connectivity index (χ0n) is 25.7. The standard InChI is InChI=1S/C35H43N3O6/c1-24-13-12-14-25(2)32(24)35(42)43-23-30(39)31(19-10-11-20-37-3)44-34(41)29(22-27-17-8-5-9-18-27)38-33(40)28(36)21-26-15-6-4-7-16-26/h4-9,12-18,28-29,31,37H,10-11,19-23,36H2,1-3H3,(H,38,40). The molecule has 0 aliphatic heterocycles. The molecule has 0 aliphatic rings. The molecule has 0 aliphatic carbocycles. The van der Waals surface area contributed by atoms with Crippen molar-refractivity contribution in [2.45, 2.75) is 64.1 Å². The summed E-state index contributed by atoms with van der Waals surface area (Å²) in [6, 6.07) is 22.0. The van der Waals surface area contributed by atoms with Crippen LogP contribution in [0, 0.1) is 13.8 Å². The predicted molar refractivity (Wildman–Crippen MR) is 169 cm³/mol. The Kier molecular flexibility index (Phi) is 13.7. The number of esters is 2. The minimum Gasteiger partial charge on any atom is -0.454 e. The number of benzene rings is 3. The molecule has 0 spiro atoms. The van der Waals surface area contributed by atoms with E-state index in [0.29, 0.717) is 12.0 Å². The number of ketones is 1. The Balaban J connectivity index is 1.73. The average molecular weight is 602 g/mol. The quantitative estimate of drug-likeness (QED) is 0.158. The average Bonchev–Trinajstić information content (AvgIpc) is 3.01. The molecule has 0 bridgehead atoms. The monoisotopic (exact) mass is 601 g/mol. The highest BCUT2D eigenvalue weighted by molar-refractivity contribution is 5.95. The van der Waals surface area contributed by atoms with Gasteiger partial charge < -0.3 is 25.8 Å². The van der Waals surface area contributed by atoms with E-state index in [1.807, 2.05) is 73.8 Å². The van der Waals surface area contributed by atoms with E-state index in [-0.39, 0.29) is 19.3 Å². The fraction of sp³-hybridized carbons (Fsp3) is 0.371. The van der Waals surface area contributed by atoms with E-state index in [0.717, 1.165) is 35.2 Å². The van der Waals surface area contributed by atoms with Gasteiger partial charge in [-0.15, -0.1) is 0 Å². The lowest BCUT2D eigenvalue weighted by atomic mass is 10.0. The van der Waals surface area contributed by atoms with E-state index in [1.54, 1.807) is 26.0 Å². The van der Waals surface area contributed by atoms with Crippen LogP contribution in [0.1, 0.15) is 51.9 Å². The second kappa shape index (κ2) is 17.7. The first kappa shape index (κ1) is 34.2. The largest absolute Gasteiger partial charge is 0.454 e. The van der Waals surface area contributed by atoms with Crippen LogP contribution in [0.4, 0.5) is 0 Å². The molecule has 44 heavy (non-hydrogen) atoms. The molecule has 0 radical (unpaired) electrons. The maximum Gasteiger partial charge on any atom is 0.339 e. The number of carbonyl (C=O) groups excluding carboxylic acids is 4. The molecule has 3 atom stereocenters. The van der Waals surface area contributed by atoms with Crippen LogP contribution in [0.5, 0.6) is 0 Å². The van der Waals surface area contributed by atoms with Gasteiger partial charge in [-0.05, 0) is 75.4 Å². The number of rotatable bonds is 17. The summed E-state index contributed by atoms with van der Waals surface area (Å²) in [6.45, 7) is 3.77. The van der Waals surface area contributed by atoms with E-state index in [2.05, 4.69) is 10.6 Å². The van der Waals surface area contributed by atoms with Crippen LogP contribution in [0.2, 0.25) is 0 Å².